The number of halogens is 1. The van der Waals surface area contributed by atoms with E-state index in [-0.39, 0.29) is 0 Å². The average molecular weight is 454 g/mol. The molecule has 1 fully saturated rings. The summed E-state index contributed by atoms with van der Waals surface area (Å²) >= 11 is 5.03. The lowest BCUT2D eigenvalue weighted by Crippen LogP contribution is -2.61. The van der Waals surface area contributed by atoms with E-state index in [1.165, 1.54) is 0 Å². The highest BCUT2D eigenvalue weighted by Gasteiger charge is 2.43. The molecule has 1 rings (SSSR count). The summed E-state index contributed by atoms with van der Waals surface area (Å²) in [6, 6.07) is -0.935. The summed E-state index contributed by atoms with van der Waals surface area (Å²) in [6.07, 6.45) is -4.42. The Hall–Kier alpha value is -2.07. The molecule has 1 aliphatic rings. The van der Waals surface area contributed by atoms with Gasteiger partial charge in [-0.15, -0.1) is 0 Å². The highest BCUT2D eigenvalue weighted by Crippen LogP contribution is 2.21. The standard InChI is InChI=1S/C6H12ClNO5.4C2H4O2/c7-13-6-3(8)5(11)4(10)2(1-9)12-6;4*1-2(3)4/h2-6,9-11H,1,8H2;4*1H3,(H,3,4)/t2-,3-,4+,5-,6?;;;;/m1..../s1. The van der Waals surface area contributed by atoms with E-state index >= 15 is 0 Å². The molecule has 1 heterocycles. The number of aliphatic hydroxyl groups excluding tert-OH is 3. The zero-order chi connectivity index (χ0) is 24.3. The molecular formula is C14H28ClNO13. The first-order chi connectivity index (χ1) is 13.0. The maximum atomic E-state index is 9.34. The molecule has 0 aromatic carbocycles. The molecular weight excluding hydrogens is 426 g/mol. The maximum Gasteiger partial charge on any atom is 0.300 e. The fraction of sp³-hybridized carbons (Fsp3) is 0.714. The molecule has 0 aliphatic carbocycles. The third kappa shape index (κ3) is 30.9. The van der Waals surface area contributed by atoms with Crippen LogP contribution >= 0.6 is 11.9 Å². The first kappa shape index (κ1) is 34.4. The van der Waals surface area contributed by atoms with Crippen LogP contribution in [-0.4, -0.2) is 96.9 Å². The van der Waals surface area contributed by atoms with Gasteiger partial charge in [0, 0.05) is 27.7 Å². The van der Waals surface area contributed by atoms with Crippen molar-refractivity contribution in [2.45, 2.75) is 58.3 Å². The second-order valence-electron chi connectivity index (χ2n) is 4.95. The predicted molar refractivity (Wildman–Crippen MR) is 95.9 cm³/mol. The number of nitrogens with two attached hydrogens (primary N) is 1. The quantitative estimate of drug-likeness (QED) is 0.231. The van der Waals surface area contributed by atoms with Crippen LogP contribution in [0.2, 0.25) is 0 Å². The van der Waals surface area contributed by atoms with Gasteiger partial charge in [-0.3, -0.25) is 19.2 Å². The number of rotatable bonds is 2. The lowest BCUT2D eigenvalue weighted by molar-refractivity contribution is -0.238. The van der Waals surface area contributed by atoms with Crippen LogP contribution in [0.15, 0.2) is 0 Å². The average Bonchev–Trinajstić information content (AvgIpc) is 2.51. The number of aliphatic hydroxyl groups is 3. The van der Waals surface area contributed by atoms with Gasteiger partial charge in [-0.05, 0) is 0 Å². The minimum Gasteiger partial charge on any atom is -0.481 e. The number of ether oxygens (including phenoxy) is 1. The summed E-state index contributed by atoms with van der Waals surface area (Å²) in [5, 5.41) is 57.1. The summed E-state index contributed by atoms with van der Waals surface area (Å²) in [7, 11) is 0. The zero-order valence-electron chi connectivity index (χ0n) is 16.1. The van der Waals surface area contributed by atoms with E-state index in [2.05, 4.69) is 4.29 Å². The molecule has 5 atom stereocenters. The highest BCUT2D eigenvalue weighted by molar-refractivity contribution is 6.07. The lowest BCUT2D eigenvalue weighted by atomic mass is 9.98. The predicted octanol–water partition coefficient (Wildman–Crippen LogP) is -1.71. The van der Waals surface area contributed by atoms with E-state index in [1.807, 2.05) is 0 Å². The van der Waals surface area contributed by atoms with Crippen LogP contribution < -0.4 is 5.73 Å². The van der Waals surface area contributed by atoms with Crippen LogP contribution in [0.5, 0.6) is 0 Å². The first-order valence-electron chi connectivity index (χ1n) is 7.48. The number of carboxylic acids is 4. The van der Waals surface area contributed by atoms with Gasteiger partial charge in [0.25, 0.3) is 23.9 Å². The van der Waals surface area contributed by atoms with Crippen LogP contribution in [0, 0.1) is 0 Å². The van der Waals surface area contributed by atoms with Crippen molar-refractivity contribution in [2.24, 2.45) is 5.73 Å². The number of hydrogen-bond acceptors (Lipinski definition) is 10. The smallest absolute Gasteiger partial charge is 0.300 e. The second-order valence-corrected chi connectivity index (χ2v) is 5.13. The first-order valence-corrected chi connectivity index (χ1v) is 7.79. The second kappa shape index (κ2) is 20.7. The lowest BCUT2D eigenvalue weighted by Gasteiger charge is -2.38. The van der Waals surface area contributed by atoms with Crippen molar-refractivity contribution in [2.75, 3.05) is 6.61 Å². The Kier molecular flexibility index (Phi) is 24.5. The Balaban J connectivity index is -0.000000162. The Morgan fingerprint density at radius 2 is 1.14 bits per heavy atom. The SMILES string of the molecule is CC(=O)O.CC(=O)O.CC(=O)O.CC(=O)O.N[C@H]1C(OCl)O[C@H](CO)[C@H](O)[C@@H]1O. The fourth-order valence-electron chi connectivity index (χ4n) is 1.18. The van der Waals surface area contributed by atoms with Gasteiger partial charge >= 0.3 is 0 Å². The molecule has 14 nitrogen and oxygen atoms in total. The van der Waals surface area contributed by atoms with E-state index in [0.29, 0.717) is 0 Å². The van der Waals surface area contributed by atoms with Crippen LogP contribution in [0.4, 0.5) is 0 Å². The van der Waals surface area contributed by atoms with Crippen molar-refractivity contribution in [3.63, 3.8) is 0 Å². The van der Waals surface area contributed by atoms with Gasteiger partial charge in [-0.25, -0.2) is 4.29 Å². The summed E-state index contributed by atoms with van der Waals surface area (Å²) in [5.74, 6) is -3.33. The maximum absolute atomic E-state index is 9.34. The van der Waals surface area contributed by atoms with Crippen LogP contribution in [0.3, 0.4) is 0 Å². The van der Waals surface area contributed by atoms with Gasteiger partial charge in [0.1, 0.15) is 18.3 Å². The van der Waals surface area contributed by atoms with Gasteiger partial charge in [-0.2, -0.15) is 0 Å². The number of carbonyl (C=O) groups is 4. The third-order valence-corrected chi connectivity index (χ3v) is 2.19. The van der Waals surface area contributed by atoms with Crippen molar-refractivity contribution >= 4 is 35.7 Å². The van der Waals surface area contributed by atoms with Gasteiger partial charge in [0.2, 0.25) is 0 Å². The molecule has 174 valence electrons. The summed E-state index contributed by atoms with van der Waals surface area (Å²) in [6.45, 7) is 3.89. The van der Waals surface area contributed by atoms with Crippen LogP contribution in [0.1, 0.15) is 27.7 Å². The number of hydrogen-bond donors (Lipinski definition) is 8. The van der Waals surface area contributed by atoms with E-state index < -0.39 is 61.1 Å². The largest absolute Gasteiger partial charge is 0.481 e. The summed E-state index contributed by atoms with van der Waals surface area (Å²) in [5.41, 5.74) is 5.41. The van der Waals surface area contributed by atoms with Crippen molar-refractivity contribution in [1.29, 1.82) is 0 Å². The van der Waals surface area contributed by atoms with Gasteiger partial charge in [0.05, 0.1) is 24.5 Å². The van der Waals surface area contributed by atoms with E-state index in [9.17, 15) is 10.2 Å². The Morgan fingerprint density at radius 3 is 1.34 bits per heavy atom. The molecule has 29 heavy (non-hydrogen) atoms. The zero-order valence-corrected chi connectivity index (χ0v) is 16.9. The molecule has 1 aliphatic heterocycles. The van der Waals surface area contributed by atoms with E-state index in [0.717, 1.165) is 27.7 Å². The van der Waals surface area contributed by atoms with Gasteiger partial charge in [0.15, 0.2) is 6.29 Å². The molecule has 15 heteroatoms. The van der Waals surface area contributed by atoms with Gasteiger partial charge < -0.3 is 46.2 Å². The molecule has 9 N–H and O–H groups in total. The van der Waals surface area contributed by atoms with Crippen molar-refractivity contribution < 1.29 is 64.0 Å². The van der Waals surface area contributed by atoms with Crippen molar-refractivity contribution in [3.05, 3.63) is 0 Å². The van der Waals surface area contributed by atoms with Crippen molar-refractivity contribution in [3.8, 4) is 0 Å². The van der Waals surface area contributed by atoms with E-state index in [4.69, 9.17) is 67.0 Å². The molecule has 0 aromatic rings. The molecule has 0 bridgehead atoms. The Bertz CT molecular complexity index is 392. The molecule has 0 radical (unpaired) electrons. The van der Waals surface area contributed by atoms with Gasteiger partial charge in [-0.1, -0.05) is 0 Å². The highest BCUT2D eigenvalue weighted by atomic mass is 35.5. The Morgan fingerprint density at radius 1 is 0.862 bits per heavy atom. The molecule has 1 saturated heterocycles. The third-order valence-electron chi connectivity index (χ3n) is 2.02. The molecule has 0 amide bonds. The minimum atomic E-state index is -1.23. The van der Waals surface area contributed by atoms with Crippen LogP contribution in [0.25, 0.3) is 0 Å². The monoisotopic (exact) mass is 453 g/mol. The Labute approximate surface area is 171 Å². The molecule has 0 spiro atoms. The summed E-state index contributed by atoms with van der Waals surface area (Å²) < 4.78 is 9.24. The van der Waals surface area contributed by atoms with Crippen molar-refractivity contribution in [1.82, 2.24) is 0 Å². The number of aliphatic carboxylic acids is 4. The molecule has 1 unspecified atom stereocenters. The summed E-state index contributed by atoms with van der Waals surface area (Å²) in [4.78, 5) is 36.0. The fourth-order valence-corrected chi connectivity index (χ4v) is 1.34. The molecule has 0 aromatic heterocycles. The number of carboxylic acid groups (broad SMARTS) is 4. The van der Waals surface area contributed by atoms with Crippen LogP contribution in [-0.2, 0) is 28.2 Å². The van der Waals surface area contributed by atoms with E-state index in [1.54, 1.807) is 0 Å². The topological polar surface area (TPSA) is 254 Å². The normalized spacial score (nSPS) is 24.2. The molecule has 0 saturated carbocycles. The minimum absolute atomic E-state index is 0.443.